The topological polar surface area (TPSA) is 29.5 Å². The van der Waals surface area contributed by atoms with Gasteiger partial charge in [-0.1, -0.05) is 12.1 Å². The second-order valence-electron chi connectivity index (χ2n) is 4.27. The van der Waals surface area contributed by atoms with Crippen LogP contribution in [0.4, 0.5) is 0 Å². The van der Waals surface area contributed by atoms with Crippen molar-refractivity contribution in [2.75, 3.05) is 19.7 Å². The van der Waals surface area contributed by atoms with Crippen molar-refractivity contribution in [3.8, 4) is 0 Å². The fraction of sp³-hybridized carbons (Fsp3) is 0.462. The van der Waals surface area contributed by atoms with E-state index in [4.69, 9.17) is 4.74 Å². The van der Waals surface area contributed by atoms with Crippen LogP contribution in [0.15, 0.2) is 24.3 Å². The number of halogens is 1. The number of nitrogens with zero attached hydrogens (tertiary/aromatic N) is 1. The molecule has 0 spiro atoms. The summed E-state index contributed by atoms with van der Waals surface area (Å²) < 4.78 is 6.56. The molecule has 1 saturated heterocycles. The Bertz CT molecular complexity index is 408. The van der Waals surface area contributed by atoms with Crippen molar-refractivity contribution in [2.45, 2.75) is 19.4 Å². The number of hydrogen-bond acceptors (Lipinski definition) is 2. The molecule has 0 N–H and O–H groups in total. The smallest absolute Gasteiger partial charge is 0.255 e. The number of rotatable bonds is 1. The van der Waals surface area contributed by atoms with Crippen molar-refractivity contribution in [3.63, 3.8) is 0 Å². The van der Waals surface area contributed by atoms with E-state index in [0.29, 0.717) is 6.54 Å². The monoisotopic (exact) mass is 345 g/mol. The molecule has 0 bridgehead atoms. The van der Waals surface area contributed by atoms with E-state index in [2.05, 4.69) is 22.6 Å². The van der Waals surface area contributed by atoms with Crippen LogP contribution in [0.3, 0.4) is 0 Å². The average molecular weight is 345 g/mol. The Balaban J connectivity index is 2.16. The molecule has 1 aromatic carbocycles. The predicted molar refractivity (Wildman–Crippen MR) is 75.1 cm³/mol. The first kappa shape index (κ1) is 12.8. The molecule has 1 aliphatic heterocycles. The van der Waals surface area contributed by atoms with Gasteiger partial charge in [0.1, 0.15) is 0 Å². The molecular formula is C13H16INO2. The molecule has 1 heterocycles. The first-order chi connectivity index (χ1) is 8.18. The molecule has 92 valence electrons. The first-order valence-electron chi connectivity index (χ1n) is 5.84. The molecular weight excluding hydrogens is 329 g/mol. The average Bonchev–Trinajstić information content (AvgIpc) is 2.54. The Kier molecular flexibility index (Phi) is 4.39. The Morgan fingerprint density at radius 3 is 3.00 bits per heavy atom. The first-order valence-corrected chi connectivity index (χ1v) is 6.92. The Morgan fingerprint density at radius 1 is 1.47 bits per heavy atom. The lowest BCUT2D eigenvalue weighted by Gasteiger charge is -2.22. The highest BCUT2D eigenvalue weighted by Gasteiger charge is 2.22. The number of ether oxygens (including phenoxy) is 1. The van der Waals surface area contributed by atoms with E-state index in [9.17, 15) is 4.79 Å². The molecule has 1 fully saturated rings. The van der Waals surface area contributed by atoms with E-state index in [1.54, 1.807) is 0 Å². The number of amides is 1. The zero-order chi connectivity index (χ0) is 12.3. The molecule has 0 saturated carbocycles. The summed E-state index contributed by atoms with van der Waals surface area (Å²) in [7, 11) is 0. The quantitative estimate of drug-likeness (QED) is 0.732. The molecule has 1 aromatic rings. The molecule has 17 heavy (non-hydrogen) atoms. The Hall–Kier alpha value is -0.620. The minimum Gasteiger partial charge on any atom is -0.377 e. The van der Waals surface area contributed by atoms with Gasteiger partial charge in [-0.15, -0.1) is 0 Å². The molecule has 0 aromatic heterocycles. The van der Waals surface area contributed by atoms with Crippen LogP contribution in [0.5, 0.6) is 0 Å². The van der Waals surface area contributed by atoms with E-state index in [1.807, 2.05) is 36.1 Å². The van der Waals surface area contributed by atoms with Gasteiger partial charge < -0.3 is 9.64 Å². The summed E-state index contributed by atoms with van der Waals surface area (Å²) in [6, 6.07) is 7.71. The second-order valence-corrected chi connectivity index (χ2v) is 5.43. The molecule has 1 aliphatic rings. The summed E-state index contributed by atoms with van der Waals surface area (Å²) in [6.45, 7) is 4.23. The standard InChI is InChI=1S/C13H16INO2/c1-10-9-15(7-4-8-17-10)13(16)11-5-2-3-6-12(11)14/h2-3,5-6,10H,4,7-9H2,1H3. The van der Waals surface area contributed by atoms with Crippen molar-refractivity contribution < 1.29 is 9.53 Å². The largest absolute Gasteiger partial charge is 0.377 e. The summed E-state index contributed by atoms with van der Waals surface area (Å²) in [5.74, 6) is 0.118. The van der Waals surface area contributed by atoms with Crippen LogP contribution in [0.25, 0.3) is 0 Å². The van der Waals surface area contributed by atoms with Crippen molar-refractivity contribution in [1.82, 2.24) is 4.90 Å². The van der Waals surface area contributed by atoms with Crippen LogP contribution >= 0.6 is 22.6 Å². The maximum Gasteiger partial charge on any atom is 0.255 e. The maximum atomic E-state index is 12.4. The van der Waals surface area contributed by atoms with Gasteiger partial charge in [0.2, 0.25) is 0 Å². The molecule has 1 unspecified atom stereocenters. The lowest BCUT2D eigenvalue weighted by molar-refractivity contribution is 0.0562. The van der Waals surface area contributed by atoms with E-state index in [0.717, 1.165) is 28.7 Å². The van der Waals surface area contributed by atoms with Crippen molar-refractivity contribution in [1.29, 1.82) is 0 Å². The second kappa shape index (κ2) is 5.82. The number of hydrogen-bond donors (Lipinski definition) is 0. The van der Waals surface area contributed by atoms with E-state index >= 15 is 0 Å². The fourth-order valence-electron chi connectivity index (χ4n) is 1.98. The summed E-state index contributed by atoms with van der Waals surface area (Å²) in [4.78, 5) is 14.3. The molecule has 3 nitrogen and oxygen atoms in total. The van der Waals surface area contributed by atoms with E-state index < -0.39 is 0 Å². The van der Waals surface area contributed by atoms with Gasteiger partial charge in [-0.05, 0) is 48.1 Å². The van der Waals surface area contributed by atoms with Gasteiger partial charge in [-0.25, -0.2) is 0 Å². The van der Waals surface area contributed by atoms with Crippen LogP contribution in [0.2, 0.25) is 0 Å². The van der Waals surface area contributed by atoms with Crippen LogP contribution in [-0.2, 0) is 4.74 Å². The molecule has 0 aliphatic carbocycles. The van der Waals surface area contributed by atoms with Crippen molar-refractivity contribution in [2.24, 2.45) is 0 Å². The zero-order valence-corrected chi connectivity index (χ0v) is 12.0. The van der Waals surface area contributed by atoms with Gasteiger partial charge in [0, 0.05) is 23.3 Å². The third-order valence-corrected chi connectivity index (χ3v) is 3.78. The lowest BCUT2D eigenvalue weighted by atomic mass is 10.2. The van der Waals surface area contributed by atoms with E-state index in [-0.39, 0.29) is 12.0 Å². The highest BCUT2D eigenvalue weighted by atomic mass is 127. The summed E-state index contributed by atoms with van der Waals surface area (Å²) in [6.07, 6.45) is 1.04. The third kappa shape index (κ3) is 3.19. The number of carbonyl (C=O) groups is 1. The van der Waals surface area contributed by atoms with Crippen molar-refractivity contribution >= 4 is 28.5 Å². The van der Waals surface area contributed by atoms with Gasteiger partial charge in [-0.2, -0.15) is 0 Å². The van der Waals surface area contributed by atoms with Gasteiger partial charge in [-0.3, -0.25) is 4.79 Å². The summed E-state index contributed by atoms with van der Waals surface area (Å²) in [5, 5.41) is 0. The normalized spacial score (nSPS) is 21.1. The van der Waals surface area contributed by atoms with E-state index in [1.165, 1.54) is 0 Å². The maximum absolute atomic E-state index is 12.4. The minimum absolute atomic E-state index is 0.118. The van der Waals surface area contributed by atoms with Crippen LogP contribution < -0.4 is 0 Å². The Morgan fingerprint density at radius 2 is 2.24 bits per heavy atom. The number of carbonyl (C=O) groups excluding carboxylic acids is 1. The highest BCUT2D eigenvalue weighted by molar-refractivity contribution is 14.1. The predicted octanol–water partition coefficient (Wildman–Crippen LogP) is 2.54. The van der Waals surface area contributed by atoms with Crippen LogP contribution in [0, 0.1) is 3.57 Å². The Labute approximate surface area is 115 Å². The number of benzene rings is 1. The molecule has 0 radical (unpaired) electrons. The molecule has 2 rings (SSSR count). The molecule has 1 amide bonds. The van der Waals surface area contributed by atoms with Gasteiger partial charge in [0.15, 0.2) is 0 Å². The van der Waals surface area contributed by atoms with Gasteiger partial charge in [0.25, 0.3) is 5.91 Å². The molecule has 1 atom stereocenters. The summed E-state index contributed by atoms with van der Waals surface area (Å²) in [5.41, 5.74) is 0.794. The zero-order valence-electron chi connectivity index (χ0n) is 9.86. The van der Waals surface area contributed by atoms with Gasteiger partial charge in [0.05, 0.1) is 11.7 Å². The SMILES string of the molecule is CC1CN(C(=O)c2ccccc2I)CCCO1. The van der Waals surface area contributed by atoms with Crippen molar-refractivity contribution in [3.05, 3.63) is 33.4 Å². The third-order valence-electron chi connectivity index (χ3n) is 2.84. The fourth-order valence-corrected chi connectivity index (χ4v) is 2.60. The van der Waals surface area contributed by atoms with Crippen LogP contribution in [0.1, 0.15) is 23.7 Å². The lowest BCUT2D eigenvalue weighted by Crippen LogP contribution is -2.36. The minimum atomic E-state index is 0.118. The highest BCUT2D eigenvalue weighted by Crippen LogP contribution is 2.16. The van der Waals surface area contributed by atoms with Gasteiger partial charge >= 0.3 is 0 Å². The summed E-state index contributed by atoms with van der Waals surface area (Å²) >= 11 is 2.21. The van der Waals surface area contributed by atoms with Crippen LogP contribution in [-0.4, -0.2) is 36.6 Å². The molecule has 4 heteroatoms.